The van der Waals surface area contributed by atoms with E-state index in [1.54, 1.807) is 24.0 Å². The Bertz CT molecular complexity index is 713. The van der Waals surface area contributed by atoms with Gasteiger partial charge in [0.1, 0.15) is 5.82 Å². The van der Waals surface area contributed by atoms with E-state index in [0.29, 0.717) is 10.8 Å². The quantitative estimate of drug-likeness (QED) is 0.842. The highest BCUT2D eigenvalue weighted by atomic mass is 32.1. The summed E-state index contributed by atoms with van der Waals surface area (Å²) in [6, 6.07) is 0. The van der Waals surface area contributed by atoms with Crippen molar-refractivity contribution < 1.29 is 14.7 Å². The summed E-state index contributed by atoms with van der Waals surface area (Å²) < 4.78 is 0. The zero-order valence-corrected chi connectivity index (χ0v) is 13.7. The van der Waals surface area contributed by atoms with E-state index in [0.717, 1.165) is 31.7 Å². The van der Waals surface area contributed by atoms with Crippen LogP contribution in [0.4, 0.5) is 10.9 Å². The number of carbonyl (C=O) groups excluding carboxylic acids is 1. The third-order valence-electron chi connectivity index (χ3n) is 3.85. The van der Waals surface area contributed by atoms with Crippen LogP contribution >= 0.6 is 11.3 Å². The van der Waals surface area contributed by atoms with Crippen LogP contribution in [0.5, 0.6) is 0 Å². The van der Waals surface area contributed by atoms with Gasteiger partial charge in [0.15, 0.2) is 5.13 Å². The molecule has 0 bridgehead atoms. The Hall–Kier alpha value is -2.55. The number of nitrogens with zero attached hydrogens (tertiary/aromatic N) is 4. The number of hydrogen-bond acceptors (Lipinski definition) is 7. The van der Waals surface area contributed by atoms with Crippen LogP contribution in [0.3, 0.4) is 0 Å². The number of carbonyl (C=O) groups is 2. The van der Waals surface area contributed by atoms with Crippen molar-refractivity contribution in [2.75, 3.05) is 23.3 Å². The second-order valence-electron chi connectivity index (χ2n) is 5.53. The summed E-state index contributed by atoms with van der Waals surface area (Å²) in [7, 11) is 0. The van der Waals surface area contributed by atoms with Gasteiger partial charge in [0, 0.05) is 36.8 Å². The topological polar surface area (TPSA) is 108 Å². The minimum absolute atomic E-state index is 0.0648. The zero-order chi connectivity index (χ0) is 16.9. The average molecular weight is 347 g/mol. The Morgan fingerprint density at radius 1 is 1.33 bits per heavy atom. The Balaban J connectivity index is 1.52. The lowest BCUT2D eigenvalue weighted by atomic mass is 9.96. The minimum Gasteiger partial charge on any atom is -0.481 e. The Kier molecular flexibility index (Phi) is 4.99. The van der Waals surface area contributed by atoms with Crippen molar-refractivity contribution in [3.63, 3.8) is 0 Å². The van der Waals surface area contributed by atoms with Crippen molar-refractivity contribution in [2.45, 2.75) is 19.3 Å². The summed E-state index contributed by atoms with van der Waals surface area (Å²) in [5, 5.41) is 13.6. The summed E-state index contributed by atoms with van der Waals surface area (Å²) in [6.45, 7) is 1.50. The van der Waals surface area contributed by atoms with Crippen LogP contribution in [0.2, 0.25) is 0 Å². The lowest BCUT2D eigenvalue weighted by Crippen LogP contribution is -2.38. The van der Waals surface area contributed by atoms with E-state index in [2.05, 4.69) is 25.2 Å². The van der Waals surface area contributed by atoms with Crippen LogP contribution in [0.15, 0.2) is 24.0 Å². The summed E-state index contributed by atoms with van der Waals surface area (Å²) >= 11 is 1.25. The molecule has 0 saturated carbocycles. The number of aliphatic carboxylic acids is 1. The van der Waals surface area contributed by atoms with Gasteiger partial charge in [0.25, 0.3) is 0 Å². The van der Waals surface area contributed by atoms with Gasteiger partial charge in [-0.1, -0.05) is 0 Å². The maximum absolute atomic E-state index is 12.3. The molecule has 8 nitrogen and oxygen atoms in total. The summed E-state index contributed by atoms with van der Waals surface area (Å²) in [6.07, 6.45) is 6.34. The number of piperidine rings is 1. The van der Waals surface area contributed by atoms with E-state index in [4.69, 9.17) is 5.11 Å². The molecule has 1 aliphatic heterocycles. The third kappa shape index (κ3) is 4.05. The predicted molar refractivity (Wildman–Crippen MR) is 89.1 cm³/mol. The standard InChI is InChI=1S/C15H17N5O3S/c21-13(22)7-11-9-24-15(18-11)19-14(23)10-1-5-20(6-2-10)12-8-16-3-4-17-12/h3-4,8-10H,1-2,5-7H2,(H,21,22)(H,18,19,23). The maximum atomic E-state index is 12.3. The molecule has 9 heteroatoms. The molecule has 1 saturated heterocycles. The monoisotopic (exact) mass is 347 g/mol. The largest absolute Gasteiger partial charge is 0.481 e. The highest BCUT2D eigenvalue weighted by Crippen LogP contribution is 2.23. The van der Waals surface area contributed by atoms with Crippen molar-refractivity contribution in [3.05, 3.63) is 29.7 Å². The first-order valence-electron chi connectivity index (χ1n) is 7.60. The van der Waals surface area contributed by atoms with E-state index >= 15 is 0 Å². The molecule has 3 heterocycles. The molecular weight excluding hydrogens is 330 g/mol. The molecule has 1 aliphatic rings. The fourth-order valence-electron chi connectivity index (χ4n) is 2.63. The van der Waals surface area contributed by atoms with Crippen molar-refractivity contribution >= 4 is 34.2 Å². The SMILES string of the molecule is O=C(O)Cc1csc(NC(=O)C2CCN(c3cnccn3)CC2)n1. The molecule has 2 N–H and O–H groups in total. The molecule has 0 unspecified atom stereocenters. The molecule has 2 aromatic heterocycles. The van der Waals surface area contributed by atoms with Gasteiger partial charge in [-0.2, -0.15) is 0 Å². The molecule has 1 amide bonds. The van der Waals surface area contributed by atoms with Gasteiger partial charge in [-0.3, -0.25) is 14.6 Å². The lowest BCUT2D eigenvalue weighted by Gasteiger charge is -2.31. The van der Waals surface area contributed by atoms with Crippen LogP contribution in [0.1, 0.15) is 18.5 Å². The lowest BCUT2D eigenvalue weighted by molar-refractivity contribution is -0.136. The molecule has 126 valence electrons. The molecular formula is C15H17N5O3S. The van der Waals surface area contributed by atoms with Gasteiger partial charge < -0.3 is 15.3 Å². The van der Waals surface area contributed by atoms with Gasteiger partial charge in [-0.25, -0.2) is 9.97 Å². The number of rotatable bonds is 5. The predicted octanol–water partition coefficient (Wildman–Crippen LogP) is 1.42. The fourth-order valence-corrected chi connectivity index (χ4v) is 3.35. The minimum atomic E-state index is -0.936. The van der Waals surface area contributed by atoms with Gasteiger partial charge in [-0.15, -0.1) is 11.3 Å². The molecule has 0 radical (unpaired) electrons. The number of hydrogen-bond donors (Lipinski definition) is 2. The number of thiazole rings is 1. The molecule has 0 aliphatic carbocycles. The normalized spacial score (nSPS) is 15.2. The van der Waals surface area contributed by atoms with Crippen LogP contribution in [0, 0.1) is 5.92 Å². The molecule has 0 spiro atoms. The summed E-state index contributed by atoms with van der Waals surface area (Å²) in [5.74, 6) is -0.251. The van der Waals surface area contributed by atoms with E-state index in [9.17, 15) is 9.59 Å². The van der Waals surface area contributed by atoms with Crippen LogP contribution in [0.25, 0.3) is 0 Å². The van der Waals surface area contributed by atoms with Crippen LogP contribution < -0.4 is 10.2 Å². The number of nitrogens with one attached hydrogen (secondary N) is 1. The molecule has 0 aromatic carbocycles. The second kappa shape index (κ2) is 7.35. The first-order valence-corrected chi connectivity index (χ1v) is 8.48. The highest BCUT2D eigenvalue weighted by Gasteiger charge is 2.26. The van der Waals surface area contributed by atoms with Crippen molar-refractivity contribution in [1.82, 2.24) is 15.0 Å². The van der Waals surface area contributed by atoms with E-state index in [-0.39, 0.29) is 18.2 Å². The van der Waals surface area contributed by atoms with Gasteiger partial charge >= 0.3 is 5.97 Å². The number of anilines is 2. The molecule has 24 heavy (non-hydrogen) atoms. The van der Waals surface area contributed by atoms with Crippen molar-refractivity contribution in [1.29, 1.82) is 0 Å². The molecule has 2 aromatic rings. The fraction of sp³-hybridized carbons (Fsp3) is 0.400. The smallest absolute Gasteiger partial charge is 0.309 e. The third-order valence-corrected chi connectivity index (χ3v) is 4.66. The van der Waals surface area contributed by atoms with Crippen molar-refractivity contribution in [3.8, 4) is 0 Å². The second-order valence-corrected chi connectivity index (χ2v) is 6.39. The first kappa shape index (κ1) is 16.3. The van der Waals surface area contributed by atoms with Gasteiger partial charge in [0.05, 0.1) is 18.3 Å². The highest BCUT2D eigenvalue weighted by molar-refractivity contribution is 7.13. The van der Waals surface area contributed by atoms with E-state index < -0.39 is 5.97 Å². The van der Waals surface area contributed by atoms with Crippen molar-refractivity contribution in [2.24, 2.45) is 5.92 Å². The van der Waals surface area contributed by atoms with Gasteiger partial charge in [-0.05, 0) is 12.8 Å². The van der Waals surface area contributed by atoms with Crippen LogP contribution in [-0.4, -0.2) is 45.0 Å². The zero-order valence-electron chi connectivity index (χ0n) is 12.9. The number of carboxylic acid groups (broad SMARTS) is 1. The average Bonchev–Trinajstić information content (AvgIpc) is 3.02. The number of aromatic nitrogens is 3. The van der Waals surface area contributed by atoms with Gasteiger partial charge in [0.2, 0.25) is 5.91 Å². The maximum Gasteiger partial charge on any atom is 0.309 e. The summed E-state index contributed by atoms with van der Waals surface area (Å²) in [4.78, 5) is 37.6. The Morgan fingerprint density at radius 2 is 2.12 bits per heavy atom. The molecule has 0 atom stereocenters. The van der Waals surface area contributed by atoms with E-state index in [1.807, 2.05) is 0 Å². The number of carboxylic acids is 1. The first-order chi connectivity index (χ1) is 11.6. The van der Waals surface area contributed by atoms with Crippen LogP contribution in [-0.2, 0) is 16.0 Å². The Morgan fingerprint density at radius 3 is 2.79 bits per heavy atom. The molecule has 1 fully saturated rings. The Labute approximate surface area is 142 Å². The van der Waals surface area contributed by atoms with E-state index in [1.165, 1.54) is 11.3 Å². The number of amides is 1. The molecule has 3 rings (SSSR count). The summed E-state index contributed by atoms with van der Waals surface area (Å²) in [5.41, 5.74) is 0.459.